The molecule has 1 radical (unpaired) electrons. The Hall–Kier alpha value is -5.64. The molecule has 2 nitrogen and oxygen atoms in total. The van der Waals surface area contributed by atoms with Gasteiger partial charge in [-0.2, -0.15) is 0 Å². The summed E-state index contributed by atoms with van der Waals surface area (Å²) in [6.45, 7) is 0. The van der Waals surface area contributed by atoms with Gasteiger partial charge in [0.15, 0.2) is 8.80 Å². The Balaban J connectivity index is 1.23. The number of aromatic nitrogens is 2. The fourth-order valence-electron chi connectivity index (χ4n) is 6.99. The number of para-hydroxylation sites is 2. The molecule has 0 spiro atoms. The van der Waals surface area contributed by atoms with Gasteiger partial charge >= 0.3 is 0 Å². The van der Waals surface area contributed by atoms with Crippen LogP contribution in [0.15, 0.2) is 176 Å². The van der Waals surface area contributed by atoms with E-state index in [0.717, 1.165) is 0 Å². The topological polar surface area (TPSA) is 9.86 Å². The van der Waals surface area contributed by atoms with Gasteiger partial charge in [-0.05, 0) is 65.4 Å². The molecule has 0 aliphatic carbocycles. The van der Waals surface area contributed by atoms with Crippen molar-refractivity contribution in [3.63, 3.8) is 0 Å². The molecule has 2 aromatic heterocycles. The molecule has 0 unspecified atom stereocenters. The molecule has 0 aliphatic heterocycles. The Morgan fingerprint density at radius 1 is 0.356 bits per heavy atom. The summed E-state index contributed by atoms with van der Waals surface area (Å²) in [4.78, 5) is 0. The van der Waals surface area contributed by atoms with E-state index in [1.807, 2.05) is 0 Å². The van der Waals surface area contributed by atoms with Crippen molar-refractivity contribution >= 4 is 67.8 Å². The summed E-state index contributed by atoms with van der Waals surface area (Å²) in [7, 11) is -1.13. The van der Waals surface area contributed by atoms with Gasteiger partial charge in [-0.3, -0.25) is 0 Å². The Bertz CT molecular complexity index is 2420. The van der Waals surface area contributed by atoms with Crippen LogP contribution in [-0.4, -0.2) is 17.9 Å². The first-order valence-electron chi connectivity index (χ1n) is 15.4. The Morgan fingerprint density at radius 2 is 0.956 bits per heavy atom. The second kappa shape index (κ2) is 10.5. The Morgan fingerprint density at radius 3 is 1.67 bits per heavy atom. The average molecular weight is 590 g/mol. The minimum Gasteiger partial charge on any atom is -0.317 e. The van der Waals surface area contributed by atoms with Gasteiger partial charge in [0, 0.05) is 33.7 Å². The largest absolute Gasteiger partial charge is 0.317 e. The molecule has 0 saturated carbocycles. The van der Waals surface area contributed by atoms with Crippen molar-refractivity contribution in [1.82, 2.24) is 9.13 Å². The maximum absolute atomic E-state index is 2.44. The van der Waals surface area contributed by atoms with Crippen molar-refractivity contribution in [1.29, 1.82) is 0 Å². The van der Waals surface area contributed by atoms with Gasteiger partial charge in [-0.25, -0.2) is 0 Å². The molecular weight excluding hydrogens is 561 g/mol. The van der Waals surface area contributed by atoms with Gasteiger partial charge in [0.2, 0.25) is 0 Å². The minimum atomic E-state index is -1.13. The molecule has 7 aromatic carbocycles. The standard InChI is InChI=1S/C42H29N2Si/c1-4-12-31(13-5-1)43-27-26-37-38-29-42-39(28-30(38)20-25-40(37)43)36-18-10-11-19-41(36)44(42)32-21-23-35(24-22-32)45(33-14-6-2-7-15-33)34-16-8-3-9-17-34/h1-29H. The van der Waals surface area contributed by atoms with Gasteiger partial charge < -0.3 is 9.13 Å². The third kappa shape index (κ3) is 4.24. The maximum atomic E-state index is 2.44. The Kier molecular flexibility index (Phi) is 6.03. The maximum Gasteiger partial charge on any atom is 0.154 e. The number of hydrogen-bond donors (Lipinski definition) is 0. The van der Waals surface area contributed by atoms with Gasteiger partial charge in [-0.1, -0.05) is 131 Å². The second-order valence-corrected chi connectivity index (χ2v) is 14.1. The van der Waals surface area contributed by atoms with Crippen LogP contribution in [0.2, 0.25) is 0 Å². The van der Waals surface area contributed by atoms with Crippen LogP contribution in [-0.2, 0) is 0 Å². The molecule has 0 atom stereocenters. The van der Waals surface area contributed by atoms with E-state index in [1.165, 1.54) is 70.4 Å². The number of benzene rings is 7. The highest BCUT2D eigenvalue weighted by Crippen LogP contribution is 2.37. The van der Waals surface area contributed by atoms with E-state index in [2.05, 4.69) is 185 Å². The molecular formula is C42H29N2Si. The van der Waals surface area contributed by atoms with Crippen molar-refractivity contribution in [3.05, 3.63) is 176 Å². The van der Waals surface area contributed by atoms with E-state index >= 15 is 0 Å². The van der Waals surface area contributed by atoms with Crippen LogP contribution in [0.4, 0.5) is 0 Å². The summed E-state index contributed by atoms with van der Waals surface area (Å²) in [6.07, 6.45) is 2.19. The summed E-state index contributed by atoms with van der Waals surface area (Å²) in [6, 6.07) is 62.2. The highest BCUT2D eigenvalue weighted by Gasteiger charge is 2.20. The van der Waals surface area contributed by atoms with Gasteiger partial charge in [-0.15, -0.1) is 0 Å². The number of hydrogen-bond acceptors (Lipinski definition) is 0. The second-order valence-electron chi connectivity index (χ2n) is 11.6. The SMILES string of the molecule is c1ccc(-n2ccc3c4cc5c(cc4ccc32)c2ccccc2n5-c2ccc([Si](c3ccccc3)c3ccccc3)cc2)cc1. The Labute approximate surface area is 263 Å². The predicted molar refractivity (Wildman–Crippen MR) is 193 cm³/mol. The van der Waals surface area contributed by atoms with Gasteiger partial charge in [0.05, 0.1) is 16.6 Å². The highest BCUT2D eigenvalue weighted by molar-refractivity contribution is 6.95. The zero-order chi connectivity index (χ0) is 29.7. The lowest BCUT2D eigenvalue weighted by molar-refractivity contribution is 1.13. The van der Waals surface area contributed by atoms with Gasteiger partial charge in [0.25, 0.3) is 0 Å². The van der Waals surface area contributed by atoms with Crippen molar-refractivity contribution in [3.8, 4) is 11.4 Å². The first-order chi connectivity index (χ1) is 22.3. The molecule has 9 aromatic rings. The third-order valence-corrected chi connectivity index (χ3v) is 11.8. The zero-order valence-electron chi connectivity index (χ0n) is 24.6. The predicted octanol–water partition coefficient (Wildman–Crippen LogP) is 8.40. The highest BCUT2D eigenvalue weighted by atomic mass is 28.3. The van der Waals surface area contributed by atoms with Crippen molar-refractivity contribution in [2.45, 2.75) is 0 Å². The van der Waals surface area contributed by atoms with E-state index < -0.39 is 8.80 Å². The summed E-state index contributed by atoms with van der Waals surface area (Å²) >= 11 is 0. The third-order valence-electron chi connectivity index (χ3n) is 9.05. The first kappa shape index (κ1) is 25.8. The molecule has 3 heteroatoms. The zero-order valence-corrected chi connectivity index (χ0v) is 25.6. The molecule has 0 N–H and O–H groups in total. The molecule has 9 rings (SSSR count). The molecule has 0 amide bonds. The molecule has 45 heavy (non-hydrogen) atoms. The fraction of sp³-hybridized carbons (Fsp3) is 0. The number of nitrogens with zero attached hydrogens (tertiary/aromatic N) is 2. The number of fused-ring (bicyclic) bond motifs is 6. The molecule has 0 aliphatic rings. The molecule has 0 bridgehead atoms. The summed E-state index contributed by atoms with van der Waals surface area (Å²) in [5, 5.41) is 10.5. The van der Waals surface area contributed by atoms with Crippen LogP contribution in [0.3, 0.4) is 0 Å². The first-order valence-corrected chi connectivity index (χ1v) is 16.9. The van der Waals surface area contributed by atoms with Crippen molar-refractivity contribution in [2.75, 3.05) is 0 Å². The van der Waals surface area contributed by atoms with Crippen LogP contribution < -0.4 is 15.6 Å². The van der Waals surface area contributed by atoms with Crippen LogP contribution in [0.5, 0.6) is 0 Å². The molecule has 2 heterocycles. The summed E-state index contributed by atoms with van der Waals surface area (Å²) in [5.74, 6) is 0. The van der Waals surface area contributed by atoms with Gasteiger partial charge in [0.1, 0.15) is 0 Å². The minimum absolute atomic E-state index is 1.13. The molecule has 211 valence electrons. The quantitative estimate of drug-likeness (QED) is 0.141. The average Bonchev–Trinajstić information content (AvgIpc) is 3.69. The van der Waals surface area contributed by atoms with E-state index in [-0.39, 0.29) is 0 Å². The van der Waals surface area contributed by atoms with Crippen LogP contribution in [0, 0.1) is 0 Å². The fourth-order valence-corrected chi connectivity index (χ4v) is 9.54. The monoisotopic (exact) mass is 589 g/mol. The van der Waals surface area contributed by atoms with Crippen molar-refractivity contribution < 1.29 is 0 Å². The van der Waals surface area contributed by atoms with E-state index in [9.17, 15) is 0 Å². The number of rotatable bonds is 5. The van der Waals surface area contributed by atoms with E-state index in [1.54, 1.807) is 0 Å². The lowest BCUT2D eigenvalue weighted by atomic mass is 10.0. The van der Waals surface area contributed by atoms with Crippen LogP contribution in [0.1, 0.15) is 0 Å². The molecule has 0 saturated heterocycles. The lowest BCUT2D eigenvalue weighted by Gasteiger charge is -2.17. The van der Waals surface area contributed by atoms with Crippen molar-refractivity contribution in [2.24, 2.45) is 0 Å². The summed E-state index contributed by atoms with van der Waals surface area (Å²) in [5.41, 5.74) is 6.03. The lowest BCUT2D eigenvalue weighted by Crippen LogP contribution is -2.51. The summed E-state index contributed by atoms with van der Waals surface area (Å²) < 4.78 is 4.73. The smallest absolute Gasteiger partial charge is 0.154 e. The van der Waals surface area contributed by atoms with E-state index in [0.29, 0.717) is 0 Å². The van der Waals surface area contributed by atoms with E-state index in [4.69, 9.17) is 0 Å². The molecule has 0 fully saturated rings. The normalized spacial score (nSPS) is 11.8. The van der Waals surface area contributed by atoms with Crippen LogP contribution in [0.25, 0.3) is 54.9 Å². The van der Waals surface area contributed by atoms with Crippen LogP contribution >= 0.6 is 0 Å².